The molecule has 30 heavy (non-hydrogen) atoms. The molecule has 0 saturated carbocycles. The largest absolute Gasteiger partial charge is 0.416 e. The van der Waals surface area contributed by atoms with Crippen LogP contribution in [0, 0.1) is 13.8 Å². The lowest BCUT2D eigenvalue weighted by atomic mass is 10.1. The number of morpholine rings is 1. The Hall–Kier alpha value is -2.88. The number of H-pyrrole nitrogens is 1. The van der Waals surface area contributed by atoms with E-state index in [0.717, 1.165) is 6.07 Å². The summed E-state index contributed by atoms with van der Waals surface area (Å²) >= 11 is 0. The maximum atomic E-state index is 13.0. The summed E-state index contributed by atoms with van der Waals surface area (Å²) < 4.78 is 44.4. The molecule has 1 aromatic heterocycles. The van der Waals surface area contributed by atoms with Gasteiger partial charge in [0, 0.05) is 36.5 Å². The van der Waals surface area contributed by atoms with Gasteiger partial charge >= 0.3 is 6.18 Å². The van der Waals surface area contributed by atoms with Crippen LogP contribution in [0.1, 0.15) is 28.8 Å². The number of benzene rings is 1. The van der Waals surface area contributed by atoms with Crippen LogP contribution in [0.3, 0.4) is 0 Å². The molecule has 162 valence electrons. The second kappa shape index (κ2) is 8.86. The van der Waals surface area contributed by atoms with E-state index >= 15 is 0 Å². The molecular weight excluding hydrogens is 401 g/mol. The third-order valence-corrected chi connectivity index (χ3v) is 4.95. The first-order valence-corrected chi connectivity index (χ1v) is 9.55. The molecule has 1 saturated heterocycles. The Morgan fingerprint density at radius 2 is 1.97 bits per heavy atom. The first-order valence-electron chi connectivity index (χ1n) is 9.55. The third-order valence-electron chi connectivity index (χ3n) is 4.95. The maximum Gasteiger partial charge on any atom is 0.416 e. The average molecular weight is 424 g/mol. The second-order valence-electron chi connectivity index (χ2n) is 7.13. The molecule has 1 aromatic carbocycles. The van der Waals surface area contributed by atoms with Crippen molar-refractivity contribution in [2.45, 2.75) is 32.9 Å². The van der Waals surface area contributed by atoms with Gasteiger partial charge in [0.2, 0.25) is 11.9 Å². The molecule has 7 nitrogen and oxygen atoms in total. The van der Waals surface area contributed by atoms with Gasteiger partial charge in [0.15, 0.2) is 0 Å². The molecule has 0 spiro atoms. The highest BCUT2D eigenvalue weighted by molar-refractivity contribution is 5.91. The monoisotopic (exact) mass is 424 g/mol. The fourth-order valence-electron chi connectivity index (χ4n) is 3.28. The minimum atomic E-state index is -4.50. The standard InChI is InChI=1S/C20H23F3N4O3/c1-12-3-4-14(11-16(12)20(21,22)23)25-17(28)6-5-15-13(2)24-19(26-18(15)29)27-7-9-30-10-8-27/h3-4,11H,5-10H2,1-2H3,(H,25,28)(H,24,26,29). The Balaban J connectivity index is 1.66. The fourth-order valence-corrected chi connectivity index (χ4v) is 3.28. The van der Waals surface area contributed by atoms with E-state index in [0.29, 0.717) is 43.5 Å². The number of rotatable bonds is 5. The zero-order valence-corrected chi connectivity index (χ0v) is 16.7. The van der Waals surface area contributed by atoms with Crippen molar-refractivity contribution < 1.29 is 22.7 Å². The topological polar surface area (TPSA) is 87.3 Å². The Labute approximate surface area is 171 Å². The number of aryl methyl sites for hydroxylation is 2. The first kappa shape index (κ1) is 21.8. The number of carbonyl (C=O) groups is 1. The molecule has 2 heterocycles. The van der Waals surface area contributed by atoms with Crippen molar-refractivity contribution in [3.63, 3.8) is 0 Å². The Kier molecular flexibility index (Phi) is 6.45. The number of amides is 1. The maximum absolute atomic E-state index is 13.0. The zero-order valence-electron chi connectivity index (χ0n) is 16.7. The number of hydrogen-bond acceptors (Lipinski definition) is 5. The molecule has 0 bridgehead atoms. The quantitative estimate of drug-likeness (QED) is 0.771. The molecule has 10 heteroatoms. The predicted molar refractivity (Wildman–Crippen MR) is 106 cm³/mol. The number of aromatic amines is 1. The van der Waals surface area contributed by atoms with E-state index in [1.807, 2.05) is 4.90 Å². The fraction of sp³-hybridized carbons (Fsp3) is 0.450. The van der Waals surface area contributed by atoms with Gasteiger partial charge in [-0.1, -0.05) is 6.07 Å². The van der Waals surface area contributed by atoms with Crippen molar-refractivity contribution in [2.24, 2.45) is 0 Å². The molecule has 2 N–H and O–H groups in total. The second-order valence-corrected chi connectivity index (χ2v) is 7.13. The summed E-state index contributed by atoms with van der Waals surface area (Å²) in [4.78, 5) is 33.8. The number of nitrogens with one attached hydrogen (secondary N) is 2. The van der Waals surface area contributed by atoms with Gasteiger partial charge in [-0.15, -0.1) is 0 Å². The van der Waals surface area contributed by atoms with Gasteiger partial charge < -0.3 is 15.0 Å². The Morgan fingerprint density at radius 3 is 2.60 bits per heavy atom. The van der Waals surface area contributed by atoms with Gasteiger partial charge in [0.05, 0.1) is 18.8 Å². The Morgan fingerprint density at radius 1 is 1.27 bits per heavy atom. The van der Waals surface area contributed by atoms with E-state index in [2.05, 4.69) is 15.3 Å². The molecule has 1 aliphatic rings. The third kappa shape index (κ3) is 5.18. The van der Waals surface area contributed by atoms with E-state index in [-0.39, 0.29) is 29.7 Å². The lowest BCUT2D eigenvalue weighted by Gasteiger charge is -2.27. The van der Waals surface area contributed by atoms with Gasteiger partial charge in [-0.05, 0) is 38.0 Å². The summed E-state index contributed by atoms with van der Waals surface area (Å²) in [7, 11) is 0. The molecule has 0 radical (unpaired) electrons. The Bertz CT molecular complexity index is 982. The molecule has 3 rings (SSSR count). The van der Waals surface area contributed by atoms with E-state index < -0.39 is 17.6 Å². The summed E-state index contributed by atoms with van der Waals surface area (Å²) in [6, 6.07) is 3.63. The number of alkyl halides is 3. The summed E-state index contributed by atoms with van der Waals surface area (Å²) in [5, 5.41) is 2.46. The highest BCUT2D eigenvalue weighted by Crippen LogP contribution is 2.33. The van der Waals surface area contributed by atoms with Crippen molar-refractivity contribution in [2.75, 3.05) is 36.5 Å². The smallest absolute Gasteiger partial charge is 0.378 e. The predicted octanol–water partition coefficient (Wildman–Crippen LogP) is 2.81. The van der Waals surface area contributed by atoms with Crippen LogP contribution >= 0.6 is 0 Å². The summed E-state index contributed by atoms with van der Waals surface area (Å²) in [6.07, 6.45) is -4.43. The van der Waals surface area contributed by atoms with E-state index in [1.165, 1.54) is 19.1 Å². The van der Waals surface area contributed by atoms with Crippen LogP contribution in [-0.4, -0.2) is 42.2 Å². The molecule has 0 atom stereocenters. The lowest BCUT2D eigenvalue weighted by molar-refractivity contribution is -0.138. The van der Waals surface area contributed by atoms with Crippen molar-refractivity contribution in [3.05, 3.63) is 50.9 Å². The molecule has 0 unspecified atom stereocenters. The van der Waals surface area contributed by atoms with Crippen LogP contribution in [0.15, 0.2) is 23.0 Å². The normalized spacial score (nSPS) is 14.6. The highest BCUT2D eigenvalue weighted by atomic mass is 19.4. The highest BCUT2D eigenvalue weighted by Gasteiger charge is 2.32. The summed E-state index contributed by atoms with van der Waals surface area (Å²) in [5.41, 5.74) is -0.0924. The molecule has 1 amide bonds. The average Bonchev–Trinajstić information content (AvgIpc) is 2.68. The SMILES string of the molecule is Cc1ccc(NC(=O)CCc2c(C)nc(N3CCOCC3)[nH]c2=O)cc1C(F)(F)F. The molecule has 0 aliphatic carbocycles. The zero-order chi connectivity index (χ0) is 21.9. The molecular formula is C20H23F3N4O3. The summed E-state index contributed by atoms with van der Waals surface area (Å²) in [6.45, 7) is 5.42. The molecule has 2 aromatic rings. The van der Waals surface area contributed by atoms with Crippen LogP contribution in [0.5, 0.6) is 0 Å². The minimum absolute atomic E-state index is 0.0578. The van der Waals surface area contributed by atoms with Gasteiger partial charge in [-0.2, -0.15) is 13.2 Å². The van der Waals surface area contributed by atoms with Gasteiger partial charge in [-0.25, -0.2) is 4.98 Å². The summed E-state index contributed by atoms with van der Waals surface area (Å²) in [5.74, 6) is -0.0172. The van der Waals surface area contributed by atoms with Crippen LogP contribution in [0.2, 0.25) is 0 Å². The minimum Gasteiger partial charge on any atom is -0.378 e. The van der Waals surface area contributed by atoms with Crippen molar-refractivity contribution in [1.82, 2.24) is 9.97 Å². The van der Waals surface area contributed by atoms with E-state index in [1.54, 1.807) is 6.92 Å². The molecule has 1 fully saturated rings. The van der Waals surface area contributed by atoms with Gasteiger partial charge in [-0.3, -0.25) is 14.6 Å². The number of aromatic nitrogens is 2. The number of nitrogens with zero attached hydrogens (tertiary/aromatic N) is 2. The van der Waals surface area contributed by atoms with E-state index in [4.69, 9.17) is 4.74 Å². The van der Waals surface area contributed by atoms with Gasteiger partial charge in [0.1, 0.15) is 0 Å². The number of hydrogen-bond donors (Lipinski definition) is 2. The van der Waals surface area contributed by atoms with Crippen molar-refractivity contribution >= 4 is 17.5 Å². The lowest BCUT2D eigenvalue weighted by Crippen LogP contribution is -2.38. The van der Waals surface area contributed by atoms with Crippen LogP contribution in [0.25, 0.3) is 0 Å². The number of ether oxygens (including phenoxy) is 1. The van der Waals surface area contributed by atoms with Crippen molar-refractivity contribution in [1.29, 1.82) is 0 Å². The van der Waals surface area contributed by atoms with E-state index in [9.17, 15) is 22.8 Å². The van der Waals surface area contributed by atoms with Crippen LogP contribution in [0.4, 0.5) is 24.8 Å². The number of carbonyl (C=O) groups excluding carboxylic acids is 1. The molecule has 1 aliphatic heterocycles. The van der Waals surface area contributed by atoms with Crippen molar-refractivity contribution in [3.8, 4) is 0 Å². The number of anilines is 2. The van der Waals surface area contributed by atoms with Crippen LogP contribution < -0.4 is 15.8 Å². The first-order chi connectivity index (χ1) is 14.1. The van der Waals surface area contributed by atoms with Gasteiger partial charge in [0.25, 0.3) is 5.56 Å². The number of halogens is 3. The van der Waals surface area contributed by atoms with Crippen LogP contribution in [-0.2, 0) is 22.1 Å².